The number of hydrogen-bond acceptors (Lipinski definition) is 5. The molecule has 0 saturated carbocycles. The number of amides is 2. The van der Waals surface area contributed by atoms with Crippen molar-refractivity contribution in [2.24, 2.45) is 0 Å². The van der Waals surface area contributed by atoms with Crippen LogP contribution in [0, 0.1) is 11.6 Å². The standard InChI is InChI=1S/C17H15F2N3O2S2/c1-24-10-8-12(18)11(13(19)9-10)6-7-20-16(23)22-26-17-21-14-4-2-3-5-15(14)25-17/h2-5,8-9H,6-7H2,1H3,(H2,20,22,23). The zero-order valence-corrected chi connectivity index (χ0v) is 15.3. The first-order valence-electron chi connectivity index (χ1n) is 7.65. The lowest BCUT2D eigenvalue weighted by Gasteiger charge is -2.09. The first-order valence-corrected chi connectivity index (χ1v) is 9.28. The van der Waals surface area contributed by atoms with Gasteiger partial charge >= 0.3 is 6.03 Å². The van der Waals surface area contributed by atoms with Crippen molar-refractivity contribution in [2.75, 3.05) is 13.7 Å². The van der Waals surface area contributed by atoms with Gasteiger partial charge in [-0.2, -0.15) is 0 Å². The Morgan fingerprint density at radius 2 is 2.00 bits per heavy atom. The maximum absolute atomic E-state index is 13.8. The van der Waals surface area contributed by atoms with Crippen LogP contribution < -0.4 is 14.8 Å². The van der Waals surface area contributed by atoms with Gasteiger partial charge in [0.2, 0.25) is 0 Å². The molecule has 0 fully saturated rings. The molecule has 2 N–H and O–H groups in total. The lowest BCUT2D eigenvalue weighted by molar-refractivity contribution is 0.246. The summed E-state index contributed by atoms with van der Waals surface area (Å²) in [6.45, 7) is 0.0897. The fourth-order valence-electron chi connectivity index (χ4n) is 2.26. The molecule has 9 heteroatoms. The number of hydrogen-bond donors (Lipinski definition) is 2. The quantitative estimate of drug-likeness (QED) is 0.616. The van der Waals surface area contributed by atoms with Gasteiger partial charge in [0.25, 0.3) is 0 Å². The van der Waals surface area contributed by atoms with Gasteiger partial charge in [0.05, 0.1) is 17.3 Å². The Hall–Kier alpha value is -2.39. The van der Waals surface area contributed by atoms with Crippen molar-refractivity contribution in [1.29, 1.82) is 0 Å². The molecule has 5 nitrogen and oxygen atoms in total. The summed E-state index contributed by atoms with van der Waals surface area (Å²) in [6.07, 6.45) is 0.0287. The molecule has 0 spiro atoms. The second kappa shape index (κ2) is 8.33. The van der Waals surface area contributed by atoms with Crippen LogP contribution in [0.1, 0.15) is 5.56 Å². The molecule has 0 atom stereocenters. The topological polar surface area (TPSA) is 63.2 Å². The summed E-state index contributed by atoms with van der Waals surface area (Å²) < 4.78 is 36.8. The van der Waals surface area contributed by atoms with Gasteiger partial charge in [-0.1, -0.05) is 12.1 Å². The molecule has 0 aliphatic rings. The minimum absolute atomic E-state index is 0.0287. The first kappa shape index (κ1) is 18.4. The van der Waals surface area contributed by atoms with Crippen LogP contribution in [0.5, 0.6) is 5.75 Å². The summed E-state index contributed by atoms with van der Waals surface area (Å²) in [7, 11) is 1.34. The number of urea groups is 1. The number of benzene rings is 2. The molecule has 1 aromatic heterocycles. The van der Waals surface area contributed by atoms with Gasteiger partial charge in [-0.25, -0.2) is 18.6 Å². The molecule has 0 saturated heterocycles. The average molecular weight is 395 g/mol. The number of nitrogens with one attached hydrogen (secondary N) is 2. The highest BCUT2D eigenvalue weighted by molar-refractivity contribution is 7.99. The molecule has 3 rings (SSSR count). The van der Waals surface area contributed by atoms with Gasteiger partial charge in [0, 0.05) is 36.2 Å². The lowest BCUT2D eigenvalue weighted by atomic mass is 10.1. The Morgan fingerprint density at radius 3 is 2.69 bits per heavy atom. The van der Waals surface area contributed by atoms with Crippen LogP contribution in [-0.2, 0) is 6.42 Å². The molecule has 26 heavy (non-hydrogen) atoms. The smallest absolute Gasteiger partial charge is 0.325 e. The minimum Gasteiger partial charge on any atom is -0.497 e. The Labute approximate surface area is 156 Å². The molecule has 0 aliphatic heterocycles. The van der Waals surface area contributed by atoms with Crippen LogP contribution in [0.2, 0.25) is 0 Å². The summed E-state index contributed by atoms with van der Waals surface area (Å²) in [4.78, 5) is 16.2. The van der Waals surface area contributed by atoms with Crippen LogP contribution in [-0.4, -0.2) is 24.7 Å². The van der Waals surface area contributed by atoms with Gasteiger partial charge < -0.3 is 10.1 Å². The van der Waals surface area contributed by atoms with Crippen LogP contribution in [0.4, 0.5) is 13.6 Å². The van der Waals surface area contributed by atoms with E-state index < -0.39 is 17.7 Å². The van der Waals surface area contributed by atoms with E-state index in [1.54, 1.807) is 0 Å². The Bertz CT molecular complexity index is 877. The Balaban J connectivity index is 1.48. The molecule has 2 aromatic carbocycles. The number of methoxy groups -OCH3 is 1. The average Bonchev–Trinajstić information content (AvgIpc) is 3.05. The number of fused-ring (bicyclic) bond motifs is 1. The molecular formula is C17H15F2N3O2S2. The van der Waals surface area contributed by atoms with E-state index in [0.29, 0.717) is 4.34 Å². The monoisotopic (exact) mass is 395 g/mol. The second-order valence-corrected chi connectivity index (χ2v) is 7.31. The van der Waals surface area contributed by atoms with Crippen molar-refractivity contribution in [1.82, 2.24) is 15.0 Å². The summed E-state index contributed by atoms with van der Waals surface area (Å²) in [5, 5.41) is 2.56. The van der Waals surface area contributed by atoms with E-state index >= 15 is 0 Å². The fraction of sp³-hybridized carbons (Fsp3) is 0.176. The lowest BCUT2D eigenvalue weighted by Crippen LogP contribution is -2.33. The van der Waals surface area contributed by atoms with Crippen molar-refractivity contribution in [3.63, 3.8) is 0 Å². The Kier molecular flexibility index (Phi) is 5.89. The van der Waals surface area contributed by atoms with Crippen LogP contribution in [0.15, 0.2) is 40.7 Å². The fourth-order valence-corrected chi connectivity index (χ4v) is 3.91. The molecule has 0 radical (unpaired) electrons. The third kappa shape index (κ3) is 4.41. The van der Waals surface area contributed by atoms with Crippen molar-refractivity contribution in [3.8, 4) is 5.75 Å². The van der Waals surface area contributed by atoms with Crippen LogP contribution in [0.25, 0.3) is 10.2 Å². The number of para-hydroxylation sites is 1. The zero-order chi connectivity index (χ0) is 18.5. The van der Waals surface area contributed by atoms with Crippen molar-refractivity contribution >= 4 is 39.5 Å². The number of nitrogens with zero attached hydrogens (tertiary/aromatic N) is 1. The number of carbonyl (C=O) groups is 1. The van der Waals surface area contributed by atoms with E-state index in [1.165, 1.54) is 18.4 Å². The van der Waals surface area contributed by atoms with Gasteiger partial charge in [-0.3, -0.25) is 4.72 Å². The number of rotatable bonds is 6. The van der Waals surface area contributed by atoms with Crippen LogP contribution in [0.3, 0.4) is 0 Å². The largest absolute Gasteiger partial charge is 0.497 e. The van der Waals surface area contributed by atoms with Crippen LogP contribution >= 0.6 is 23.3 Å². The molecule has 3 aromatic rings. The minimum atomic E-state index is -0.701. The van der Waals surface area contributed by atoms with E-state index in [4.69, 9.17) is 4.74 Å². The molecule has 136 valence electrons. The highest BCUT2D eigenvalue weighted by Gasteiger charge is 2.12. The number of halogens is 2. The van der Waals surface area contributed by atoms with Gasteiger partial charge in [0.15, 0.2) is 4.34 Å². The molecule has 2 amide bonds. The summed E-state index contributed by atoms with van der Waals surface area (Å²) in [5.41, 5.74) is 0.776. The maximum atomic E-state index is 13.8. The normalized spacial score (nSPS) is 10.7. The zero-order valence-electron chi connectivity index (χ0n) is 13.7. The third-order valence-corrected chi connectivity index (χ3v) is 5.40. The summed E-state index contributed by atoms with van der Waals surface area (Å²) in [5.74, 6) is -1.29. The van der Waals surface area contributed by atoms with Gasteiger partial charge in [-0.15, -0.1) is 11.3 Å². The van der Waals surface area contributed by atoms with E-state index in [0.717, 1.165) is 34.3 Å². The number of carbonyl (C=O) groups excluding carboxylic acids is 1. The second-order valence-electron chi connectivity index (χ2n) is 5.23. The van der Waals surface area contributed by atoms with Crippen molar-refractivity contribution in [3.05, 3.63) is 53.6 Å². The first-order chi connectivity index (χ1) is 12.6. The predicted molar refractivity (Wildman–Crippen MR) is 98.6 cm³/mol. The Morgan fingerprint density at radius 1 is 1.27 bits per heavy atom. The van der Waals surface area contributed by atoms with E-state index in [-0.39, 0.29) is 24.3 Å². The van der Waals surface area contributed by atoms with Gasteiger partial charge in [-0.05, 0) is 18.6 Å². The molecule has 0 aliphatic carbocycles. The molecular weight excluding hydrogens is 380 g/mol. The number of ether oxygens (including phenoxy) is 1. The summed E-state index contributed by atoms with van der Waals surface area (Å²) >= 11 is 2.56. The highest BCUT2D eigenvalue weighted by atomic mass is 32.2. The molecule has 1 heterocycles. The van der Waals surface area contributed by atoms with E-state index in [2.05, 4.69) is 15.0 Å². The van der Waals surface area contributed by atoms with E-state index in [1.807, 2.05) is 24.3 Å². The van der Waals surface area contributed by atoms with Crippen molar-refractivity contribution in [2.45, 2.75) is 10.8 Å². The number of aromatic nitrogens is 1. The van der Waals surface area contributed by atoms with Gasteiger partial charge in [0.1, 0.15) is 17.4 Å². The molecule has 0 unspecified atom stereocenters. The summed E-state index contributed by atoms with van der Waals surface area (Å²) in [6, 6.07) is 9.44. The highest BCUT2D eigenvalue weighted by Crippen LogP contribution is 2.27. The molecule has 0 bridgehead atoms. The van der Waals surface area contributed by atoms with E-state index in [9.17, 15) is 13.6 Å². The number of thiazole rings is 1. The SMILES string of the molecule is COc1cc(F)c(CCNC(=O)NSc2nc3ccccc3s2)c(F)c1. The maximum Gasteiger partial charge on any atom is 0.325 e. The van der Waals surface area contributed by atoms with Crippen molar-refractivity contribution < 1.29 is 18.3 Å². The third-order valence-electron chi connectivity index (χ3n) is 3.52. The predicted octanol–water partition coefficient (Wildman–Crippen LogP) is 4.13.